The fourth-order valence-corrected chi connectivity index (χ4v) is 3.74. The molecule has 0 fully saturated rings. The maximum atomic E-state index is 13.1. The molecule has 0 unspecified atom stereocenters. The minimum atomic E-state index is -0.0704. The number of anilines is 1. The first-order valence-corrected chi connectivity index (χ1v) is 9.16. The summed E-state index contributed by atoms with van der Waals surface area (Å²) < 4.78 is 2.72. The van der Waals surface area contributed by atoms with Gasteiger partial charge in [0.1, 0.15) is 5.69 Å². The van der Waals surface area contributed by atoms with Gasteiger partial charge in [-0.25, -0.2) is 4.98 Å². The molecule has 0 aliphatic heterocycles. The molecule has 0 radical (unpaired) electrons. The SMILES string of the molecule is CCc1cccc2sc(N(CCN(C)C)C(=O)c3ccnn3C)nc12. The molecule has 2 aromatic heterocycles. The number of aryl methyl sites for hydroxylation is 2. The van der Waals surface area contributed by atoms with Crippen LogP contribution >= 0.6 is 11.3 Å². The quantitative estimate of drug-likeness (QED) is 0.681. The van der Waals surface area contributed by atoms with Gasteiger partial charge < -0.3 is 4.90 Å². The molecule has 2 heterocycles. The van der Waals surface area contributed by atoms with Crippen LogP contribution in [0.1, 0.15) is 23.0 Å². The van der Waals surface area contributed by atoms with Crippen molar-refractivity contribution < 1.29 is 4.79 Å². The number of aromatic nitrogens is 3. The van der Waals surface area contributed by atoms with Crippen LogP contribution in [0, 0.1) is 0 Å². The molecular formula is C18H23N5OS. The van der Waals surface area contributed by atoms with Crippen molar-refractivity contribution in [2.75, 3.05) is 32.1 Å². The first-order valence-electron chi connectivity index (χ1n) is 8.34. The fourth-order valence-electron chi connectivity index (χ4n) is 2.70. The van der Waals surface area contributed by atoms with Crippen LogP contribution in [0.3, 0.4) is 0 Å². The van der Waals surface area contributed by atoms with Crippen molar-refractivity contribution in [1.29, 1.82) is 0 Å². The van der Waals surface area contributed by atoms with Gasteiger partial charge in [0, 0.05) is 26.3 Å². The van der Waals surface area contributed by atoms with Crippen molar-refractivity contribution >= 4 is 32.6 Å². The van der Waals surface area contributed by atoms with Crippen LogP contribution in [0.25, 0.3) is 10.2 Å². The summed E-state index contributed by atoms with van der Waals surface area (Å²) in [5.41, 5.74) is 2.77. The smallest absolute Gasteiger partial charge is 0.278 e. The number of hydrogen-bond donors (Lipinski definition) is 0. The van der Waals surface area contributed by atoms with Crippen LogP contribution < -0.4 is 4.90 Å². The number of hydrogen-bond acceptors (Lipinski definition) is 5. The monoisotopic (exact) mass is 357 g/mol. The van der Waals surface area contributed by atoms with Gasteiger partial charge in [-0.2, -0.15) is 5.10 Å². The number of para-hydroxylation sites is 1. The zero-order chi connectivity index (χ0) is 18.0. The van der Waals surface area contributed by atoms with E-state index in [2.05, 4.69) is 35.1 Å². The molecule has 0 spiro atoms. The van der Waals surface area contributed by atoms with E-state index in [9.17, 15) is 4.79 Å². The van der Waals surface area contributed by atoms with Crippen molar-refractivity contribution in [3.05, 3.63) is 41.7 Å². The molecule has 3 aromatic rings. The topological polar surface area (TPSA) is 54.3 Å². The van der Waals surface area contributed by atoms with Crippen LogP contribution in [0.5, 0.6) is 0 Å². The van der Waals surface area contributed by atoms with Crippen molar-refractivity contribution in [2.45, 2.75) is 13.3 Å². The average molecular weight is 357 g/mol. The van der Waals surface area contributed by atoms with Crippen molar-refractivity contribution in [1.82, 2.24) is 19.7 Å². The van der Waals surface area contributed by atoms with E-state index in [-0.39, 0.29) is 5.91 Å². The molecule has 6 nitrogen and oxygen atoms in total. The van der Waals surface area contributed by atoms with Crippen molar-refractivity contribution in [2.24, 2.45) is 7.05 Å². The van der Waals surface area contributed by atoms with Crippen LogP contribution in [0.15, 0.2) is 30.5 Å². The molecule has 0 N–H and O–H groups in total. The Bertz CT molecular complexity index is 883. The van der Waals surface area contributed by atoms with Gasteiger partial charge in [0.05, 0.1) is 10.2 Å². The van der Waals surface area contributed by atoms with Crippen LogP contribution in [-0.4, -0.2) is 52.8 Å². The first-order chi connectivity index (χ1) is 12.0. The normalized spacial score (nSPS) is 11.4. The van der Waals surface area contributed by atoms with Gasteiger partial charge in [0.2, 0.25) is 0 Å². The molecular weight excluding hydrogens is 334 g/mol. The largest absolute Gasteiger partial charge is 0.308 e. The Kier molecular flexibility index (Phi) is 5.15. The summed E-state index contributed by atoms with van der Waals surface area (Å²) in [6, 6.07) is 7.96. The molecule has 1 aromatic carbocycles. The lowest BCUT2D eigenvalue weighted by atomic mass is 10.1. The van der Waals surface area contributed by atoms with Gasteiger partial charge in [-0.15, -0.1) is 0 Å². The lowest BCUT2D eigenvalue weighted by Crippen LogP contribution is -2.37. The molecule has 0 saturated heterocycles. The summed E-state index contributed by atoms with van der Waals surface area (Å²) in [5, 5.41) is 4.86. The van der Waals surface area contributed by atoms with E-state index in [4.69, 9.17) is 4.98 Å². The minimum absolute atomic E-state index is 0.0704. The highest BCUT2D eigenvalue weighted by Gasteiger charge is 2.23. The Morgan fingerprint density at radius 3 is 2.68 bits per heavy atom. The maximum absolute atomic E-state index is 13.1. The summed E-state index contributed by atoms with van der Waals surface area (Å²) in [4.78, 5) is 21.7. The first kappa shape index (κ1) is 17.6. The predicted octanol–water partition coefficient (Wildman–Crippen LogP) is 2.80. The zero-order valence-corrected chi connectivity index (χ0v) is 15.9. The van der Waals surface area contributed by atoms with Gasteiger partial charge >= 0.3 is 0 Å². The standard InChI is InChI=1S/C18H23N5OS/c1-5-13-7-6-8-15-16(13)20-18(25-15)23(12-11-21(2)3)17(24)14-9-10-19-22(14)4/h6-10H,5,11-12H2,1-4H3. The second-order valence-electron chi connectivity index (χ2n) is 6.21. The molecule has 0 atom stereocenters. The molecule has 3 rings (SSSR count). The number of thiazole rings is 1. The van der Waals surface area contributed by atoms with Gasteiger partial charge in [-0.05, 0) is 38.2 Å². The molecule has 25 heavy (non-hydrogen) atoms. The Hall–Kier alpha value is -2.25. The lowest BCUT2D eigenvalue weighted by Gasteiger charge is -2.21. The Morgan fingerprint density at radius 1 is 1.24 bits per heavy atom. The summed E-state index contributed by atoms with van der Waals surface area (Å²) >= 11 is 1.56. The fraction of sp³-hybridized carbons (Fsp3) is 0.389. The second kappa shape index (κ2) is 7.33. The molecule has 7 heteroatoms. The number of amides is 1. The van der Waals surface area contributed by atoms with Crippen molar-refractivity contribution in [3.63, 3.8) is 0 Å². The molecule has 132 valence electrons. The van der Waals surface area contributed by atoms with E-state index in [0.717, 1.165) is 28.3 Å². The highest BCUT2D eigenvalue weighted by Crippen LogP contribution is 2.31. The number of carbonyl (C=O) groups is 1. The number of carbonyl (C=O) groups excluding carboxylic acids is 1. The van der Waals surface area contributed by atoms with Gasteiger partial charge in [-0.1, -0.05) is 30.4 Å². The highest BCUT2D eigenvalue weighted by molar-refractivity contribution is 7.22. The van der Waals surface area contributed by atoms with E-state index in [1.807, 2.05) is 14.1 Å². The van der Waals surface area contributed by atoms with E-state index in [1.54, 1.807) is 40.2 Å². The molecule has 0 saturated carbocycles. The lowest BCUT2D eigenvalue weighted by molar-refractivity contribution is 0.0976. The van der Waals surface area contributed by atoms with Gasteiger partial charge in [-0.3, -0.25) is 14.4 Å². The Balaban J connectivity index is 2.02. The number of fused-ring (bicyclic) bond motifs is 1. The average Bonchev–Trinajstić information content (AvgIpc) is 3.20. The highest BCUT2D eigenvalue weighted by atomic mass is 32.1. The van der Waals surface area contributed by atoms with Crippen LogP contribution in [0.4, 0.5) is 5.13 Å². The van der Waals surface area contributed by atoms with E-state index in [0.29, 0.717) is 12.2 Å². The summed E-state index contributed by atoms with van der Waals surface area (Å²) in [6.07, 6.45) is 2.57. The third-order valence-electron chi connectivity index (χ3n) is 4.16. The summed E-state index contributed by atoms with van der Waals surface area (Å²) in [6.45, 7) is 3.47. The predicted molar refractivity (Wildman–Crippen MR) is 102 cm³/mol. The Morgan fingerprint density at radius 2 is 2.04 bits per heavy atom. The summed E-state index contributed by atoms with van der Waals surface area (Å²) in [7, 11) is 5.78. The number of benzene rings is 1. The second-order valence-corrected chi connectivity index (χ2v) is 7.22. The van der Waals surface area contributed by atoms with E-state index < -0.39 is 0 Å². The van der Waals surface area contributed by atoms with Crippen molar-refractivity contribution in [3.8, 4) is 0 Å². The maximum Gasteiger partial charge on any atom is 0.278 e. The number of rotatable bonds is 6. The minimum Gasteiger partial charge on any atom is -0.308 e. The summed E-state index contributed by atoms with van der Waals surface area (Å²) in [5.74, 6) is -0.0704. The van der Waals surface area contributed by atoms with Crippen LogP contribution in [-0.2, 0) is 13.5 Å². The zero-order valence-electron chi connectivity index (χ0n) is 15.1. The molecule has 0 aliphatic carbocycles. The molecule has 1 amide bonds. The molecule has 0 aliphatic rings. The third kappa shape index (κ3) is 3.57. The van der Waals surface area contributed by atoms with E-state index in [1.165, 1.54) is 5.56 Å². The van der Waals surface area contributed by atoms with Gasteiger partial charge in [0.25, 0.3) is 5.91 Å². The Labute approximate surface area is 151 Å². The third-order valence-corrected chi connectivity index (χ3v) is 5.20. The molecule has 0 bridgehead atoms. The van der Waals surface area contributed by atoms with Crippen LogP contribution in [0.2, 0.25) is 0 Å². The number of likely N-dealkylation sites (N-methyl/N-ethyl adjacent to an activating group) is 1. The van der Waals surface area contributed by atoms with E-state index >= 15 is 0 Å². The van der Waals surface area contributed by atoms with Gasteiger partial charge in [0.15, 0.2) is 5.13 Å². The number of nitrogens with zero attached hydrogens (tertiary/aromatic N) is 5.